The molecular weight excluding hydrogens is 423 g/mol. The van der Waals surface area contributed by atoms with Crippen molar-refractivity contribution in [2.75, 3.05) is 13.2 Å². The Balaban J connectivity index is 1.66. The van der Waals surface area contributed by atoms with Gasteiger partial charge in [-0.2, -0.15) is 0 Å². The summed E-state index contributed by atoms with van der Waals surface area (Å²) in [5.41, 5.74) is 0. The highest BCUT2D eigenvalue weighted by Crippen LogP contribution is 2.23. The molecule has 9 heteroatoms. The van der Waals surface area contributed by atoms with Crippen molar-refractivity contribution in [3.63, 3.8) is 0 Å². The standard InChI is InChI=1S/C18H22BrFN2O5/c1-11-4-2-3-5-14(11)21-18(25)22-16(23)9-27-17(24)10-26-15-7-6-12(19)8-13(15)20/h6-8,11,14H,2-5,9-10H2,1H3,(H2,21,22,23,25). The SMILES string of the molecule is CC1CCCCC1NC(=O)NC(=O)COC(=O)COc1ccc(Br)cc1F. The van der Waals surface area contributed by atoms with E-state index in [1.165, 1.54) is 12.1 Å². The summed E-state index contributed by atoms with van der Waals surface area (Å²) in [6, 6.07) is 3.53. The molecule has 0 spiro atoms. The van der Waals surface area contributed by atoms with Crippen molar-refractivity contribution < 1.29 is 28.2 Å². The van der Waals surface area contributed by atoms with E-state index in [0.29, 0.717) is 10.4 Å². The molecule has 2 unspecified atom stereocenters. The van der Waals surface area contributed by atoms with E-state index in [9.17, 15) is 18.8 Å². The van der Waals surface area contributed by atoms with Gasteiger partial charge in [0.2, 0.25) is 0 Å². The Kier molecular flexibility index (Phi) is 8.02. The van der Waals surface area contributed by atoms with Crippen molar-refractivity contribution in [3.8, 4) is 5.75 Å². The number of ether oxygens (including phenoxy) is 2. The largest absolute Gasteiger partial charge is 0.479 e. The van der Waals surface area contributed by atoms with E-state index in [4.69, 9.17) is 9.47 Å². The van der Waals surface area contributed by atoms with E-state index >= 15 is 0 Å². The van der Waals surface area contributed by atoms with Crippen molar-refractivity contribution in [3.05, 3.63) is 28.5 Å². The highest BCUT2D eigenvalue weighted by molar-refractivity contribution is 9.10. The molecule has 3 amide bonds. The Morgan fingerprint density at radius 2 is 1.96 bits per heavy atom. The summed E-state index contributed by atoms with van der Waals surface area (Å²) in [5, 5.41) is 4.88. The van der Waals surface area contributed by atoms with Crippen LogP contribution in [0.5, 0.6) is 5.75 Å². The van der Waals surface area contributed by atoms with Crippen LogP contribution in [-0.4, -0.2) is 37.2 Å². The smallest absolute Gasteiger partial charge is 0.344 e. The molecule has 2 atom stereocenters. The molecule has 27 heavy (non-hydrogen) atoms. The third kappa shape index (κ3) is 7.16. The number of urea groups is 1. The zero-order valence-corrected chi connectivity index (χ0v) is 16.5. The van der Waals surface area contributed by atoms with Gasteiger partial charge in [0.15, 0.2) is 24.8 Å². The Morgan fingerprint density at radius 1 is 1.22 bits per heavy atom. The van der Waals surface area contributed by atoms with E-state index in [0.717, 1.165) is 25.7 Å². The zero-order valence-electron chi connectivity index (χ0n) is 14.9. The molecule has 0 saturated heterocycles. The number of hydrogen-bond acceptors (Lipinski definition) is 5. The Bertz CT molecular complexity index is 700. The molecule has 1 saturated carbocycles. The fraction of sp³-hybridized carbons (Fsp3) is 0.500. The predicted molar refractivity (Wildman–Crippen MR) is 98.6 cm³/mol. The molecular formula is C18H22BrFN2O5. The molecule has 0 bridgehead atoms. The van der Waals surface area contributed by atoms with Crippen molar-refractivity contribution in [2.45, 2.75) is 38.6 Å². The maximum Gasteiger partial charge on any atom is 0.344 e. The van der Waals surface area contributed by atoms with Gasteiger partial charge in [-0.25, -0.2) is 14.0 Å². The van der Waals surface area contributed by atoms with Crippen molar-refractivity contribution in [2.24, 2.45) is 5.92 Å². The van der Waals surface area contributed by atoms with Crippen LogP contribution in [0.1, 0.15) is 32.6 Å². The number of esters is 1. The molecule has 148 valence electrons. The second kappa shape index (κ2) is 10.2. The second-order valence-electron chi connectivity index (χ2n) is 6.41. The fourth-order valence-corrected chi connectivity index (χ4v) is 3.15. The third-order valence-electron chi connectivity index (χ3n) is 4.28. The number of carbonyl (C=O) groups excluding carboxylic acids is 3. The summed E-state index contributed by atoms with van der Waals surface area (Å²) in [6.07, 6.45) is 4.10. The molecule has 1 fully saturated rings. The minimum Gasteiger partial charge on any atom is -0.479 e. The fourth-order valence-electron chi connectivity index (χ4n) is 2.81. The van der Waals surface area contributed by atoms with Crippen molar-refractivity contribution in [1.82, 2.24) is 10.6 Å². The lowest BCUT2D eigenvalue weighted by molar-refractivity contribution is -0.150. The number of nitrogens with one attached hydrogen (secondary N) is 2. The number of halogens is 2. The predicted octanol–water partition coefficient (Wildman–Crippen LogP) is 2.91. The van der Waals surface area contributed by atoms with E-state index in [-0.39, 0.29) is 11.8 Å². The van der Waals surface area contributed by atoms with Crippen LogP contribution in [-0.2, 0) is 14.3 Å². The quantitative estimate of drug-likeness (QED) is 0.657. The Labute approximate surface area is 165 Å². The lowest BCUT2D eigenvalue weighted by Crippen LogP contribution is -2.48. The van der Waals surface area contributed by atoms with Gasteiger partial charge in [-0.3, -0.25) is 10.1 Å². The first-order valence-electron chi connectivity index (χ1n) is 8.69. The lowest BCUT2D eigenvalue weighted by Gasteiger charge is -2.29. The molecule has 2 N–H and O–H groups in total. The van der Waals surface area contributed by atoms with Gasteiger partial charge in [-0.15, -0.1) is 0 Å². The van der Waals surface area contributed by atoms with Crippen LogP contribution < -0.4 is 15.4 Å². The molecule has 0 aliphatic heterocycles. The molecule has 1 aromatic rings. The number of imide groups is 1. The molecule has 7 nitrogen and oxygen atoms in total. The average molecular weight is 445 g/mol. The summed E-state index contributed by atoms with van der Waals surface area (Å²) in [4.78, 5) is 35.1. The van der Waals surface area contributed by atoms with Crippen LogP contribution in [0.15, 0.2) is 22.7 Å². The highest BCUT2D eigenvalue weighted by Gasteiger charge is 2.23. The number of amides is 3. The van der Waals surface area contributed by atoms with Crippen molar-refractivity contribution >= 4 is 33.8 Å². The van der Waals surface area contributed by atoms with Crippen LogP contribution in [0.4, 0.5) is 9.18 Å². The summed E-state index contributed by atoms with van der Waals surface area (Å²) in [7, 11) is 0. The van der Waals surface area contributed by atoms with Crippen LogP contribution in [0.25, 0.3) is 0 Å². The molecule has 1 aromatic carbocycles. The van der Waals surface area contributed by atoms with Crippen molar-refractivity contribution in [1.29, 1.82) is 0 Å². The zero-order chi connectivity index (χ0) is 19.8. The van der Waals surface area contributed by atoms with Gasteiger partial charge in [-0.1, -0.05) is 35.7 Å². The molecule has 0 aromatic heterocycles. The molecule has 0 heterocycles. The van der Waals surface area contributed by atoms with Crippen LogP contribution in [0.2, 0.25) is 0 Å². The van der Waals surface area contributed by atoms with E-state index in [1.54, 1.807) is 6.07 Å². The van der Waals surface area contributed by atoms with Gasteiger partial charge in [0.25, 0.3) is 5.91 Å². The van der Waals surface area contributed by atoms with E-state index in [2.05, 4.69) is 33.5 Å². The van der Waals surface area contributed by atoms with E-state index < -0.39 is 36.9 Å². The maximum absolute atomic E-state index is 13.6. The molecule has 1 aliphatic rings. The number of carbonyl (C=O) groups is 3. The minimum absolute atomic E-state index is 0.0308. The number of benzene rings is 1. The van der Waals surface area contributed by atoms with Gasteiger partial charge in [-0.05, 0) is 37.0 Å². The second-order valence-corrected chi connectivity index (χ2v) is 7.33. The summed E-state index contributed by atoms with van der Waals surface area (Å²) in [5.74, 6) is -1.99. The topological polar surface area (TPSA) is 93.7 Å². The first kappa shape index (κ1) is 21.1. The van der Waals surface area contributed by atoms with Gasteiger partial charge in [0, 0.05) is 10.5 Å². The van der Waals surface area contributed by atoms with Crippen LogP contribution in [0.3, 0.4) is 0 Å². The normalized spacial score (nSPS) is 19.1. The number of hydrogen-bond donors (Lipinski definition) is 2. The van der Waals surface area contributed by atoms with Gasteiger partial charge in [0.1, 0.15) is 0 Å². The van der Waals surface area contributed by atoms with Gasteiger partial charge >= 0.3 is 12.0 Å². The Hall–Kier alpha value is -2.16. The minimum atomic E-state index is -0.853. The van der Waals surface area contributed by atoms with Gasteiger partial charge < -0.3 is 14.8 Å². The molecule has 0 radical (unpaired) electrons. The van der Waals surface area contributed by atoms with Crippen LogP contribution in [0, 0.1) is 11.7 Å². The summed E-state index contributed by atoms with van der Waals surface area (Å²) < 4.78 is 23.8. The molecule has 2 rings (SSSR count). The summed E-state index contributed by atoms with van der Waals surface area (Å²) >= 11 is 3.11. The first-order valence-corrected chi connectivity index (χ1v) is 9.48. The maximum atomic E-state index is 13.6. The highest BCUT2D eigenvalue weighted by atomic mass is 79.9. The lowest BCUT2D eigenvalue weighted by atomic mass is 9.86. The summed E-state index contributed by atoms with van der Waals surface area (Å²) in [6.45, 7) is 0.873. The van der Waals surface area contributed by atoms with E-state index in [1.807, 2.05) is 0 Å². The number of rotatable bonds is 6. The van der Waals surface area contributed by atoms with Crippen LogP contribution >= 0.6 is 15.9 Å². The monoisotopic (exact) mass is 444 g/mol. The first-order chi connectivity index (χ1) is 12.8. The average Bonchev–Trinajstić information content (AvgIpc) is 2.61. The molecule has 1 aliphatic carbocycles. The van der Waals surface area contributed by atoms with Gasteiger partial charge in [0.05, 0.1) is 0 Å². The third-order valence-corrected chi connectivity index (χ3v) is 4.78. The Morgan fingerprint density at radius 3 is 2.67 bits per heavy atom.